The summed E-state index contributed by atoms with van der Waals surface area (Å²) in [5.74, 6) is -2.58. The van der Waals surface area contributed by atoms with E-state index >= 15 is 0 Å². The molecule has 2 unspecified atom stereocenters. The van der Waals surface area contributed by atoms with Crippen molar-refractivity contribution in [2.75, 3.05) is 11.9 Å². The average molecular weight is 610 g/mol. The fourth-order valence-electron chi connectivity index (χ4n) is 3.78. The van der Waals surface area contributed by atoms with Gasteiger partial charge in [0.15, 0.2) is 5.78 Å². The summed E-state index contributed by atoms with van der Waals surface area (Å²) >= 11 is 37.2. The first-order chi connectivity index (χ1) is 17.0. The third-order valence-corrected chi connectivity index (χ3v) is 8.12. The number of carbonyl (C=O) groups excluding carboxylic acids is 2. The Morgan fingerprint density at radius 2 is 1.56 bits per heavy atom. The largest absolute Gasteiger partial charge is 0.369 e. The Hall–Kier alpha value is -1.57. The lowest BCUT2D eigenvalue weighted by Crippen LogP contribution is -2.18. The van der Waals surface area contributed by atoms with Crippen molar-refractivity contribution in [3.63, 3.8) is 0 Å². The minimum absolute atomic E-state index is 0.120. The second kappa shape index (κ2) is 11.0. The van der Waals surface area contributed by atoms with Gasteiger partial charge in [-0.3, -0.25) is 9.59 Å². The topological polar surface area (TPSA) is 55.4 Å². The van der Waals surface area contributed by atoms with E-state index in [1.54, 1.807) is 30.3 Å². The monoisotopic (exact) mass is 607 g/mol. The Kier molecular flexibility index (Phi) is 8.42. The molecule has 0 saturated heterocycles. The molecular weight excluding hydrogens is 594 g/mol. The summed E-state index contributed by atoms with van der Waals surface area (Å²) in [6.45, 7) is -0.140. The van der Waals surface area contributed by atoms with Gasteiger partial charge in [-0.25, -0.2) is 4.39 Å². The number of hydrogen-bond acceptors (Lipinski definition) is 3. The van der Waals surface area contributed by atoms with Crippen molar-refractivity contribution in [2.45, 2.75) is 16.9 Å². The molecule has 188 valence electrons. The number of rotatable bonds is 8. The van der Waals surface area contributed by atoms with Crippen LogP contribution in [0.2, 0.25) is 20.1 Å². The molecule has 36 heavy (non-hydrogen) atoms. The molecule has 1 N–H and O–H groups in total. The van der Waals surface area contributed by atoms with Crippen molar-refractivity contribution in [3.8, 4) is 0 Å². The van der Waals surface area contributed by atoms with E-state index in [-0.39, 0.29) is 44.7 Å². The van der Waals surface area contributed by atoms with Gasteiger partial charge in [-0.05, 0) is 53.6 Å². The molecule has 0 heterocycles. The van der Waals surface area contributed by atoms with Crippen LogP contribution in [0.5, 0.6) is 0 Å². The van der Waals surface area contributed by atoms with Crippen LogP contribution in [0.1, 0.15) is 27.4 Å². The summed E-state index contributed by atoms with van der Waals surface area (Å²) in [4.78, 5) is 25.7. The lowest BCUT2D eigenvalue weighted by molar-refractivity contribution is -0.117. The third-order valence-electron chi connectivity index (χ3n) is 5.65. The van der Waals surface area contributed by atoms with Crippen molar-refractivity contribution in [1.29, 1.82) is 0 Å². The molecule has 0 radical (unpaired) electrons. The number of anilines is 1. The minimum Gasteiger partial charge on any atom is -0.369 e. The predicted octanol–water partition coefficient (Wildman–Crippen LogP) is 8.36. The Labute approximate surface area is 236 Å². The smallest absolute Gasteiger partial charge is 0.231 e. The lowest BCUT2D eigenvalue weighted by atomic mass is 10.1. The highest BCUT2D eigenvalue weighted by atomic mass is 35.5. The molecule has 3 aromatic rings. The zero-order valence-electron chi connectivity index (χ0n) is 18.1. The van der Waals surface area contributed by atoms with Crippen LogP contribution in [0.3, 0.4) is 0 Å². The minimum atomic E-state index is -1.39. The summed E-state index contributed by atoms with van der Waals surface area (Å²) in [5, 5.41) is 3.55. The van der Waals surface area contributed by atoms with Gasteiger partial charge < -0.3 is 10.1 Å². The molecule has 3 aromatic carbocycles. The van der Waals surface area contributed by atoms with Gasteiger partial charge >= 0.3 is 0 Å². The van der Waals surface area contributed by atoms with E-state index in [0.29, 0.717) is 16.8 Å². The summed E-state index contributed by atoms with van der Waals surface area (Å²) in [7, 11) is 0. The van der Waals surface area contributed by atoms with Gasteiger partial charge in [0.1, 0.15) is 16.8 Å². The second-order valence-electron chi connectivity index (χ2n) is 8.15. The number of amides is 1. The zero-order chi connectivity index (χ0) is 26.2. The molecule has 0 aromatic heterocycles. The highest BCUT2D eigenvalue weighted by molar-refractivity contribution is 6.54. The van der Waals surface area contributed by atoms with Crippen LogP contribution in [-0.2, 0) is 16.1 Å². The fourth-order valence-corrected chi connectivity index (χ4v) is 5.44. The highest BCUT2D eigenvalue weighted by Gasteiger charge is 2.67. The maximum Gasteiger partial charge on any atom is 0.231 e. The van der Waals surface area contributed by atoms with E-state index < -0.39 is 27.9 Å². The van der Waals surface area contributed by atoms with E-state index in [1.807, 2.05) is 0 Å². The van der Waals surface area contributed by atoms with Crippen molar-refractivity contribution in [1.82, 2.24) is 0 Å². The standard InChI is InChI=1S/C25H16Cl6FNO3/c26-17-6-5-15(9-16(17)20(34)11-36-10-12-1-3-14(32)4-2-12)33-24(35)22-21(25(22,30)31)13-7-18(27)23(29)19(28)8-13/h1-9,21-22H,10-11H2,(H,33,35). The quantitative estimate of drug-likeness (QED) is 0.159. The van der Waals surface area contributed by atoms with Gasteiger partial charge in [-0.1, -0.05) is 58.5 Å². The molecule has 1 aliphatic carbocycles. The van der Waals surface area contributed by atoms with Crippen LogP contribution in [-0.4, -0.2) is 22.6 Å². The Morgan fingerprint density at radius 3 is 2.19 bits per heavy atom. The van der Waals surface area contributed by atoms with Crippen LogP contribution >= 0.6 is 69.6 Å². The summed E-state index contributed by atoms with van der Waals surface area (Å²) in [6.07, 6.45) is 0. The van der Waals surface area contributed by atoms with Crippen LogP contribution in [0.25, 0.3) is 0 Å². The van der Waals surface area contributed by atoms with Crippen molar-refractivity contribution >= 4 is 87.0 Å². The first-order valence-electron chi connectivity index (χ1n) is 10.5. The normalized spacial score (nSPS) is 18.1. The fraction of sp³-hybridized carbons (Fsp3) is 0.200. The zero-order valence-corrected chi connectivity index (χ0v) is 22.7. The molecule has 0 spiro atoms. The van der Waals surface area contributed by atoms with Crippen LogP contribution in [0, 0.1) is 11.7 Å². The van der Waals surface area contributed by atoms with Gasteiger partial charge in [-0.15, -0.1) is 23.2 Å². The van der Waals surface area contributed by atoms with Gasteiger partial charge in [0.25, 0.3) is 0 Å². The van der Waals surface area contributed by atoms with Crippen molar-refractivity contribution < 1.29 is 18.7 Å². The van der Waals surface area contributed by atoms with Gasteiger partial charge in [0.2, 0.25) is 5.91 Å². The van der Waals surface area contributed by atoms with E-state index in [0.717, 1.165) is 0 Å². The van der Waals surface area contributed by atoms with E-state index in [2.05, 4.69) is 5.32 Å². The molecular formula is C25H16Cl6FNO3. The first kappa shape index (κ1) is 27.5. The average Bonchev–Trinajstić information content (AvgIpc) is 3.41. The Morgan fingerprint density at radius 1 is 0.917 bits per heavy atom. The van der Waals surface area contributed by atoms with E-state index in [4.69, 9.17) is 74.3 Å². The second-order valence-corrected chi connectivity index (χ2v) is 11.2. The van der Waals surface area contributed by atoms with E-state index in [9.17, 15) is 14.0 Å². The molecule has 4 rings (SSSR count). The number of alkyl halides is 2. The summed E-state index contributed by atoms with van der Waals surface area (Å²) < 4.78 is 17.1. The van der Waals surface area contributed by atoms with Crippen LogP contribution in [0.15, 0.2) is 54.6 Å². The maximum absolute atomic E-state index is 13.0. The maximum atomic E-state index is 13.0. The van der Waals surface area contributed by atoms with Gasteiger partial charge in [0, 0.05) is 17.2 Å². The number of benzene rings is 3. The third kappa shape index (κ3) is 5.94. The number of Topliss-reactive ketones (excluding diaryl/α,β-unsaturated/α-hetero) is 1. The highest BCUT2D eigenvalue weighted by Crippen LogP contribution is 2.65. The van der Waals surface area contributed by atoms with Gasteiger partial charge in [-0.2, -0.15) is 0 Å². The molecule has 1 amide bonds. The van der Waals surface area contributed by atoms with Crippen molar-refractivity contribution in [2.24, 2.45) is 5.92 Å². The molecule has 11 heteroatoms. The Balaban J connectivity index is 1.42. The number of halogens is 7. The molecule has 1 aliphatic rings. The van der Waals surface area contributed by atoms with Gasteiger partial charge in [0.05, 0.1) is 32.6 Å². The summed E-state index contributed by atoms with van der Waals surface area (Å²) in [5.41, 5.74) is 1.78. The molecule has 1 fully saturated rings. The molecule has 0 aliphatic heterocycles. The number of ether oxygens (including phenoxy) is 1. The first-order valence-corrected chi connectivity index (χ1v) is 12.7. The number of ketones is 1. The Bertz CT molecular complexity index is 1310. The number of carbonyl (C=O) groups is 2. The molecule has 4 nitrogen and oxygen atoms in total. The number of nitrogens with one attached hydrogen (secondary N) is 1. The SMILES string of the molecule is O=C(COCc1ccc(F)cc1)c1cc(NC(=O)C2C(c3cc(Cl)c(Cl)c(Cl)c3)C2(Cl)Cl)ccc1Cl. The van der Waals surface area contributed by atoms with Crippen LogP contribution in [0.4, 0.5) is 10.1 Å². The molecule has 1 saturated carbocycles. The lowest BCUT2D eigenvalue weighted by Gasteiger charge is -2.10. The molecule has 2 atom stereocenters. The number of hydrogen-bond donors (Lipinski definition) is 1. The molecule has 0 bridgehead atoms. The summed E-state index contributed by atoms with van der Waals surface area (Å²) in [6, 6.07) is 13.4. The van der Waals surface area contributed by atoms with Crippen LogP contribution < -0.4 is 5.32 Å². The van der Waals surface area contributed by atoms with E-state index in [1.165, 1.54) is 24.3 Å². The predicted molar refractivity (Wildman–Crippen MR) is 143 cm³/mol. The van der Waals surface area contributed by atoms with Crippen molar-refractivity contribution in [3.05, 3.63) is 97.2 Å².